The molecule has 37 heavy (non-hydrogen) atoms. The number of nitrogens with zero attached hydrogens (tertiary/aromatic N) is 1. The average Bonchev–Trinajstić information content (AvgIpc) is 2.77. The Morgan fingerprint density at radius 3 is 2.00 bits per heavy atom. The van der Waals surface area contributed by atoms with Gasteiger partial charge in [0, 0.05) is 13.5 Å². The minimum absolute atomic E-state index is 0.263. The molecular weight excluding hydrogens is 603 g/mol. The summed E-state index contributed by atoms with van der Waals surface area (Å²) in [4.78, 5) is 38.6. The van der Waals surface area contributed by atoms with Crippen LogP contribution in [0, 0.1) is 3.57 Å². The quantitative estimate of drug-likeness (QED) is 0.182. The molecule has 0 unspecified atom stereocenters. The van der Waals surface area contributed by atoms with Crippen molar-refractivity contribution in [1.29, 1.82) is 0 Å². The number of methoxy groups -OCH3 is 1. The zero-order valence-corrected chi connectivity index (χ0v) is 27.4. The molecule has 0 saturated carbocycles. The maximum atomic E-state index is 12.8. The Labute approximate surface area is 237 Å². The molecule has 0 heterocycles. The number of likely N-dealkylation sites (N-methyl/N-ethyl adjacent to an activating group) is 1. The van der Waals surface area contributed by atoms with Gasteiger partial charge in [0.1, 0.15) is 23.9 Å². The van der Waals surface area contributed by atoms with Crippen LogP contribution < -0.4 is 9.74 Å². The molecule has 1 atom stereocenters. The zero-order chi connectivity index (χ0) is 28.7. The van der Waals surface area contributed by atoms with Gasteiger partial charge in [-0.05, 0) is 77.7 Å². The molecule has 0 aliphatic carbocycles. The van der Waals surface area contributed by atoms with Gasteiger partial charge in [0.2, 0.25) is 5.91 Å². The number of carbonyl (C=O) groups excluding carboxylic acids is 3. The normalized spacial score (nSPS) is 12.9. The number of carbonyl (C=O) groups is 3. The number of ether oxygens (including phenoxy) is 2. The lowest BCUT2D eigenvalue weighted by Gasteiger charge is -2.42. The molecule has 210 valence electrons. The highest BCUT2D eigenvalue weighted by Gasteiger charge is 2.47. The highest BCUT2D eigenvalue weighted by atomic mass is 127. The largest absolute Gasteiger partial charge is 0.542 e. The van der Waals surface area contributed by atoms with E-state index in [4.69, 9.17) is 13.9 Å². The first kappa shape index (κ1) is 33.2. The molecule has 0 radical (unpaired) electrons. The number of nitrogens with one attached hydrogen (secondary N) is 1. The van der Waals surface area contributed by atoms with Gasteiger partial charge in [0.05, 0.1) is 10.7 Å². The fraction of sp³-hybridized carbons (Fsp3) is 0.667. The molecule has 0 saturated heterocycles. The second-order valence-corrected chi connectivity index (χ2v) is 17.8. The van der Waals surface area contributed by atoms with Crippen LogP contribution in [0.2, 0.25) is 16.6 Å². The molecule has 2 amide bonds. The van der Waals surface area contributed by atoms with Crippen molar-refractivity contribution in [3.05, 3.63) is 27.3 Å². The number of alkyl carbamates (subject to hydrolysis) is 1. The molecule has 0 spiro atoms. The summed E-state index contributed by atoms with van der Waals surface area (Å²) in [5.74, 6) is -0.112. The Morgan fingerprint density at radius 2 is 1.57 bits per heavy atom. The van der Waals surface area contributed by atoms with Crippen molar-refractivity contribution in [2.45, 2.75) is 97.0 Å². The van der Waals surface area contributed by atoms with Gasteiger partial charge < -0.3 is 24.1 Å². The van der Waals surface area contributed by atoms with E-state index in [-0.39, 0.29) is 13.0 Å². The van der Waals surface area contributed by atoms with Crippen molar-refractivity contribution in [2.24, 2.45) is 0 Å². The van der Waals surface area contributed by atoms with E-state index >= 15 is 0 Å². The van der Waals surface area contributed by atoms with E-state index in [1.165, 1.54) is 19.1 Å². The number of hydrogen-bond acceptors (Lipinski definition) is 6. The maximum absolute atomic E-state index is 12.8. The van der Waals surface area contributed by atoms with Gasteiger partial charge in [-0.25, -0.2) is 9.59 Å². The third-order valence-corrected chi connectivity index (χ3v) is 13.4. The van der Waals surface area contributed by atoms with E-state index in [9.17, 15) is 14.4 Å². The number of esters is 1. The van der Waals surface area contributed by atoms with E-state index in [1.54, 1.807) is 20.8 Å². The van der Waals surface area contributed by atoms with Crippen LogP contribution in [-0.4, -0.2) is 63.5 Å². The van der Waals surface area contributed by atoms with E-state index in [1.807, 2.05) is 18.2 Å². The topological polar surface area (TPSA) is 94.2 Å². The van der Waals surface area contributed by atoms with Crippen molar-refractivity contribution in [3.8, 4) is 5.75 Å². The first-order valence-electron chi connectivity index (χ1n) is 12.7. The van der Waals surface area contributed by atoms with Crippen molar-refractivity contribution in [2.75, 3.05) is 20.7 Å². The highest BCUT2D eigenvalue weighted by Crippen LogP contribution is 2.43. The third-order valence-electron chi connectivity index (χ3n) is 6.54. The summed E-state index contributed by atoms with van der Waals surface area (Å²) in [6.07, 6.45) is -0.434. The van der Waals surface area contributed by atoms with Gasteiger partial charge in [-0.15, -0.1) is 0 Å². The Morgan fingerprint density at radius 1 is 1.03 bits per heavy atom. The predicted molar refractivity (Wildman–Crippen MR) is 157 cm³/mol. The summed E-state index contributed by atoms with van der Waals surface area (Å²) in [6.45, 7) is 18.4. The SMILES string of the molecule is COC(=O)[C@@H](Cc1ccc(O[Si](C(C)C)(C(C)C)C(C)C)c(I)c1)N(C)C(=O)CNC(=O)OC(C)(C)C. The van der Waals surface area contributed by atoms with E-state index in [0.29, 0.717) is 16.6 Å². The lowest BCUT2D eigenvalue weighted by molar-refractivity contribution is -0.151. The van der Waals surface area contributed by atoms with Crippen molar-refractivity contribution >= 4 is 48.9 Å². The number of hydrogen-bond donors (Lipinski definition) is 1. The van der Waals surface area contributed by atoms with Crippen LogP contribution in [0.3, 0.4) is 0 Å². The fourth-order valence-corrected chi connectivity index (χ4v) is 11.0. The van der Waals surface area contributed by atoms with Crippen LogP contribution in [0.15, 0.2) is 18.2 Å². The molecule has 1 rings (SSSR count). The average molecular weight is 649 g/mol. The molecule has 0 fully saturated rings. The Hall–Kier alpha value is -1.82. The van der Waals surface area contributed by atoms with Crippen LogP contribution in [0.5, 0.6) is 5.75 Å². The lowest BCUT2D eigenvalue weighted by atomic mass is 10.0. The second kappa shape index (κ2) is 13.8. The number of halogens is 1. The summed E-state index contributed by atoms with van der Waals surface area (Å²) in [5.41, 5.74) is 1.53. The standard InChI is InChI=1S/C27H45IN2O6Si/c1-17(2)37(18(3)4,19(5)6)36-23-13-12-20(14-21(23)28)15-22(25(32)34-11)30(10)24(31)16-29-26(33)35-27(7,8)9/h12-14,17-19,22H,15-16H2,1-11H3,(H,29,33)/t22-/m1/s1. The van der Waals surface area contributed by atoms with Crippen LogP contribution in [-0.2, 0) is 25.5 Å². The van der Waals surface area contributed by atoms with Crippen molar-refractivity contribution < 1.29 is 28.3 Å². The molecule has 0 aliphatic heterocycles. The van der Waals surface area contributed by atoms with Crippen LogP contribution in [0.1, 0.15) is 67.9 Å². The molecule has 1 aromatic rings. The van der Waals surface area contributed by atoms with Gasteiger partial charge >= 0.3 is 12.1 Å². The van der Waals surface area contributed by atoms with Gasteiger partial charge in [-0.3, -0.25) is 4.79 Å². The summed E-state index contributed by atoms with van der Waals surface area (Å²) < 4.78 is 18.0. The molecule has 10 heteroatoms. The lowest BCUT2D eigenvalue weighted by Crippen LogP contribution is -2.50. The molecule has 1 N–H and O–H groups in total. The molecule has 1 aromatic carbocycles. The monoisotopic (exact) mass is 648 g/mol. The maximum Gasteiger partial charge on any atom is 0.408 e. The smallest absolute Gasteiger partial charge is 0.408 e. The third kappa shape index (κ3) is 9.15. The van der Waals surface area contributed by atoms with Crippen LogP contribution >= 0.6 is 22.6 Å². The van der Waals surface area contributed by atoms with E-state index < -0.39 is 37.9 Å². The molecule has 0 bridgehead atoms. The Kier molecular flexibility index (Phi) is 12.4. The molecule has 0 aliphatic rings. The number of benzene rings is 1. The molecule has 0 aromatic heterocycles. The summed E-state index contributed by atoms with van der Waals surface area (Å²) in [5, 5.41) is 2.44. The predicted octanol–water partition coefficient (Wildman–Crippen LogP) is 5.91. The fourth-order valence-electron chi connectivity index (χ4n) is 4.80. The highest BCUT2D eigenvalue weighted by molar-refractivity contribution is 14.1. The Balaban J connectivity index is 3.09. The Bertz CT molecular complexity index is 924. The molecule has 8 nitrogen and oxygen atoms in total. The number of rotatable bonds is 11. The van der Waals surface area contributed by atoms with Gasteiger partial charge in [-0.2, -0.15) is 0 Å². The minimum Gasteiger partial charge on any atom is -0.542 e. The van der Waals surface area contributed by atoms with E-state index in [0.717, 1.165) is 14.9 Å². The van der Waals surface area contributed by atoms with E-state index in [2.05, 4.69) is 69.5 Å². The first-order chi connectivity index (χ1) is 17.0. The first-order valence-corrected chi connectivity index (χ1v) is 16.0. The van der Waals surface area contributed by atoms with Gasteiger partial charge in [-0.1, -0.05) is 47.6 Å². The summed E-state index contributed by atoms with van der Waals surface area (Å²) in [7, 11) is 0.702. The van der Waals surface area contributed by atoms with Crippen LogP contribution in [0.4, 0.5) is 4.79 Å². The summed E-state index contributed by atoms with van der Waals surface area (Å²) >= 11 is 2.27. The molecular formula is C27H45IN2O6Si. The van der Waals surface area contributed by atoms with Gasteiger partial charge in [0.25, 0.3) is 8.32 Å². The van der Waals surface area contributed by atoms with Crippen LogP contribution in [0.25, 0.3) is 0 Å². The van der Waals surface area contributed by atoms with Crippen molar-refractivity contribution in [3.63, 3.8) is 0 Å². The second-order valence-electron chi connectivity index (χ2n) is 11.3. The minimum atomic E-state index is -2.12. The summed E-state index contributed by atoms with van der Waals surface area (Å²) in [6, 6.07) is 5.04. The number of amides is 2. The van der Waals surface area contributed by atoms with Crippen molar-refractivity contribution in [1.82, 2.24) is 10.2 Å². The zero-order valence-electron chi connectivity index (χ0n) is 24.2. The van der Waals surface area contributed by atoms with Gasteiger partial charge in [0.15, 0.2) is 0 Å².